The minimum absolute atomic E-state index is 0.0397. The number of non-ortho nitro benzene ring substituents is 1. The number of ether oxygens (including phenoxy) is 1. The fraction of sp³-hybridized carbons (Fsp3) is 0.231. The molecule has 9 heteroatoms. The normalized spacial score (nSPS) is 13.7. The second-order valence-electron chi connectivity index (χ2n) is 8.52. The van der Waals surface area contributed by atoms with Crippen molar-refractivity contribution in [2.24, 2.45) is 0 Å². The van der Waals surface area contributed by atoms with E-state index in [0.29, 0.717) is 44.1 Å². The Morgan fingerprint density at radius 2 is 1.83 bits per heavy atom. The molecule has 3 heterocycles. The first kappa shape index (κ1) is 22.4. The van der Waals surface area contributed by atoms with Gasteiger partial charge in [0.15, 0.2) is 0 Å². The average molecular weight is 472 g/mol. The van der Waals surface area contributed by atoms with Crippen LogP contribution in [0, 0.1) is 17.0 Å². The summed E-state index contributed by atoms with van der Waals surface area (Å²) in [4.78, 5) is 32.1. The van der Waals surface area contributed by atoms with Gasteiger partial charge < -0.3 is 18.9 Å². The zero-order chi connectivity index (χ0) is 24.4. The van der Waals surface area contributed by atoms with Crippen molar-refractivity contribution in [2.45, 2.75) is 13.5 Å². The molecular weight excluding hydrogens is 446 g/mol. The number of carbonyl (C=O) groups is 1. The molecule has 0 aliphatic carbocycles. The number of carbonyl (C=O) groups excluding carboxylic acids is 1. The lowest BCUT2D eigenvalue weighted by Crippen LogP contribution is -2.48. The Labute approximate surface area is 202 Å². The van der Waals surface area contributed by atoms with Gasteiger partial charge in [-0.25, -0.2) is 4.98 Å². The minimum Gasteiger partial charge on any atom is -0.487 e. The van der Waals surface area contributed by atoms with E-state index in [2.05, 4.69) is 9.88 Å². The third-order valence-corrected chi connectivity index (χ3v) is 6.19. The van der Waals surface area contributed by atoms with Gasteiger partial charge in [0.05, 0.1) is 10.6 Å². The van der Waals surface area contributed by atoms with E-state index in [-0.39, 0.29) is 11.6 Å². The van der Waals surface area contributed by atoms with E-state index in [1.54, 1.807) is 24.3 Å². The zero-order valence-corrected chi connectivity index (χ0v) is 19.3. The van der Waals surface area contributed by atoms with Gasteiger partial charge >= 0.3 is 0 Å². The summed E-state index contributed by atoms with van der Waals surface area (Å²) >= 11 is 0. The number of rotatable bonds is 6. The molecule has 0 N–H and O–H groups in total. The molecule has 9 nitrogen and oxygen atoms in total. The molecule has 0 unspecified atom stereocenters. The molecule has 35 heavy (non-hydrogen) atoms. The maximum absolute atomic E-state index is 13.1. The highest BCUT2D eigenvalue weighted by Gasteiger charge is 2.23. The van der Waals surface area contributed by atoms with Crippen LogP contribution in [-0.4, -0.2) is 51.3 Å². The third kappa shape index (κ3) is 4.79. The molecule has 0 bridgehead atoms. The van der Waals surface area contributed by atoms with E-state index in [4.69, 9.17) is 4.74 Å². The van der Waals surface area contributed by atoms with Gasteiger partial charge in [0.1, 0.15) is 18.0 Å². The summed E-state index contributed by atoms with van der Waals surface area (Å²) in [6.45, 7) is 4.80. The van der Waals surface area contributed by atoms with Crippen molar-refractivity contribution >= 4 is 22.9 Å². The van der Waals surface area contributed by atoms with Crippen LogP contribution in [-0.2, 0) is 6.61 Å². The Hall–Kier alpha value is -4.40. The second kappa shape index (κ2) is 9.46. The molecule has 2 aromatic heterocycles. The Morgan fingerprint density at radius 3 is 2.54 bits per heavy atom. The van der Waals surface area contributed by atoms with Gasteiger partial charge in [-0.05, 0) is 48.9 Å². The predicted octanol–water partition coefficient (Wildman–Crippen LogP) is 4.09. The molecule has 5 rings (SSSR count). The standard InChI is InChI=1S/C26H25N5O4/c1-19-4-3-11-30-17-21(27-25(19)30)18-35-24-6-2-5-20(16-24)26(32)29-14-12-28(13-15-29)22-7-9-23(10-8-22)31(33)34/h2-11,16-17H,12-15,18H2,1H3. The molecule has 0 saturated carbocycles. The first-order valence-corrected chi connectivity index (χ1v) is 11.4. The average Bonchev–Trinajstić information content (AvgIpc) is 3.32. The number of amides is 1. The lowest BCUT2D eigenvalue weighted by atomic mass is 10.1. The van der Waals surface area contributed by atoms with E-state index >= 15 is 0 Å². The van der Waals surface area contributed by atoms with Crippen molar-refractivity contribution < 1.29 is 14.5 Å². The van der Waals surface area contributed by atoms with Crippen molar-refractivity contribution in [3.05, 3.63) is 100.0 Å². The molecule has 1 aliphatic heterocycles. The quantitative estimate of drug-likeness (QED) is 0.311. The maximum atomic E-state index is 13.1. The van der Waals surface area contributed by atoms with Crippen molar-refractivity contribution in [1.29, 1.82) is 0 Å². The number of aryl methyl sites for hydroxylation is 1. The number of hydrogen-bond acceptors (Lipinski definition) is 6. The Morgan fingerprint density at radius 1 is 1.06 bits per heavy atom. The molecule has 0 radical (unpaired) electrons. The predicted molar refractivity (Wildman–Crippen MR) is 132 cm³/mol. The highest BCUT2D eigenvalue weighted by Crippen LogP contribution is 2.22. The number of nitro groups is 1. The van der Waals surface area contributed by atoms with Crippen LogP contribution >= 0.6 is 0 Å². The second-order valence-corrected chi connectivity index (χ2v) is 8.52. The van der Waals surface area contributed by atoms with Crippen LogP contribution in [0.3, 0.4) is 0 Å². The van der Waals surface area contributed by atoms with E-state index in [9.17, 15) is 14.9 Å². The summed E-state index contributed by atoms with van der Waals surface area (Å²) in [5.41, 5.74) is 4.39. The molecule has 178 valence electrons. The summed E-state index contributed by atoms with van der Waals surface area (Å²) in [5.74, 6) is 0.580. The zero-order valence-electron chi connectivity index (χ0n) is 19.3. The molecule has 1 saturated heterocycles. The number of pyridine rings is 1. The number of piperazine rings is 1. The van der Waals surface area contributed by atoms with Crippen molar-refractivity contribution in [1.82, 2.24) is 14.3 Å². The maximum Gasteiger partial charge on any atom is 0.269 e. The lowest BCUT2D eigenvalue weighted by molar-refractivity contribution is -0.384. The SMILES string of the molecule is Cc1cccn2cc(COc3cccc(C(=O)N4CCN(c5ccc([N+](=O)[O-])cc5)CC4)c3)nc12. The highest BCUT2D eigenvalue weighted by molar-refractivity contribution is 5.94. The number of nitro benzene ring substituents is 1. The number of imidazole rings is 1. The van der Waals surface area contributed by atoms with Crippen LogP contribution in [0.4, 0.5) is 11.4 Å². The topological polar surface area (TPSA) is 93.2 Å². The van der Waals surface area contributed by atoms with Crippen molar-refractivity contribution in [3.8, 4) is 5.75 Å². The molecule has 1 amide bonds. The van der Waals surface area contributed by atoms with E-state index in [0.717, 1.165) is 22.6 Å². The van der Waals surface area contributed by atoms with Gasteiger partial charge in [-0.2, -0.15) is 0 Å². The molecule has 1 aliphatic rings. The van der Waals surface area contributed by atoms with E-state index in [1.807, 2.05) is 52.9 Å². The van der Waals surface area contributed by atoms with Gasteiger partial charge in [-0.3, -0.25) is 14.9 Å². The van der Waals surface area contributed by atoms with Gasteiger partial charge in [-0.1, -0.05) is 12.1 Å². The number of anilines is 1. The summed E-state index contributed by atoms with van der Waals surface area (Å²) in [6, 6.07) is 17.7. The third-order valence-electron chi connectivity index (χ3n) is 6.19. The number of nitrogens with zero attached hydrogens (tertiary/aromatic N) is 5. The number of benzene rings is 2. The van der Waals surface area contributed by atoms with Gasteiger partial charge in [0.2, 0.25) is 0 Å². The monoisotopic (exact) mass is 471 g/mol. The van der Waals surface area contributed by atoms with Crippen LogP contribution in [0.15, 0.2) is 73.1 Å². The van der Waals surface area contributed by atoms with Crippen LogP contribution < -0.4 is 9.64 Å². The van der Waals surface area contributed by atoms with Crippen LogP contribution in [0.25, 0.3) is 5.65 Å². The van der Waals surface area contributed by atoms with Crippen molar-refractivity contribution in [2.75, 3.05) is 31.1 Å². The Balaban J connectivity index is 1.19. The van der Waals surface area contributed by atoms with Gasteiger partial charge in [-0.15, -0.1) is 0 Å². The first-order valence-electron chi connectivity index (χ1n) is 11.4. The van der Waals surface area contributed by atoms with Crippen LogP contribution in [0.5, 0.6) is 5.75 Å². The largest absolute Gasteiger partial charge is 0.487 e. The summed E-state index contributed by atoms with van der Waals surface area (Å²) in [6.07, 6.45) is 3.90. The number of aromatic nitrogens is 2. The lowest BCUT2D eigenvalue weighted by Gasteiger charge is -2.36. The number of hydrogen-bond donors (Lipinski definition) is 0. The van der Waals surface area contributed by atoms with Crippen LogP contribution in [0.2, 0.25) is 0 Å². The Bertz CT molecular complexity index is 1370. The fourth-order valence-electron chi connectivity index (χ4n) is 4.29. The van der Waals surface area contributed by atoms with Gasteiger partial charge in [0.25, 0.3) is 11.6 Å². The van der Waals surface area contributed by atoms with E-state index < -0.39 is 4.92 Å². The molecule has 4 aromatic rings. The minimum atomic E-state index is -0.406. The molecule has 1 fully saturated rings. The Kier molecular flexibility index (Phi) is 6.05. The highest BCUT2D eigenvalue weighted by atomic mass is 16.6. The van der Waals surface area contributed by atoms with E-state index in [1.165, 1.54) is 12.1 Å². The number of fused-ring (bicyclic) bond motifs is 1. The van der Waals surface area contributed by atoms with Crippen LogP contribution in [0.1, 0.15) is 21.6 Å². The molecule has 0 spiro atoms. The summed E-state index contributed by atoms with van der Waals surface area (Å²) < 4.78 is 7.91. The molecular formula is C26H25N5O4. The van der Waals surface area contributed by atoms with Crippen molar-refractivity contribution in [3.63, 3.8) is 0 Å². The molecule has 0 atom stereocenters. The van der Waals surface area contributed by atoms with Gasteiger partial charge in [0, 0.05) is 62.0 Å². The molecule has 2 aromatic carbocycles. The first-order chi connectivity index (χ1) is 17.0. The fourth-order valence-corrected chi connectivity index (χ4v) is 4.29. The summed E-state index contributed by atoms with van der Waals surface area (Å²) in [5, 5.41) is 10.9. The smallest absolute Gasteiger partial charge is 0.269 e. The summed E-state index contributed by atoms with van der Waals surface area (Å²) in [7, 11) is 0.